The van der Waals surface area contributed by atoms with Gasteiger partial charge in [0.05, 0.1) is 5.69 Å². The van der Waals surface area contributed by atoms with Crippen molar-refractivity contribution in [3.8, 4) is 0 Å². The number of carbonyl (C=O) groups is 2. The van der Waals surface area contributed by atoms with Crippen molar-refractivity contribution in [2.24, 2.45) is 5.92 Å². The second-order valence-electron chi connectivity index (χ2n) is 5.49. The van der Waals surface area contributed by atoms with E-state index in [4.69, 9.17) is 9.63 Å². The number of hydrogen-bond acceptors (Lipinski definition) is 4. The van der Waals surface area contributed by atoms with Gasteiger partial charge in [-0.1, -0.05) is 31.8 Å². The predicted molar refractivity (Wildman–Crippen MR) is 74.7 cm³/mol. The Morgan fingerprint density at radius 3 is 2.65 bits per heavy atom. The minimum Gasteiger partial charge on any atom is -0.481 e. The Bertz CT molecular complexity index is 437. The van der Waals surface area contributed by atoms with Gasteiger partial charge in [0.2, 0.25) is 11.5 Å². The fourth-order valence-corrected chi connectivity index (χ4v) is 1.94. The van der Waals surface area contributed by atoms with E-state index in [0.717, 1.165) is 19.3 Å². The SMILES string of the molecule is CC(C)CCCCC(=O)c1cc(CCCC(=O)O)no1. The highest BCUT2D eigenvalue weighted by Crippen LogP contribution is 2.13. The lowest BCUT2D eigenvalue weighted by molar-refractivity contribution is -0.137. The number of hydrogen-bond donors (Lipinski definition) is 1. The van der Waals surface area contributed by atoms with Crippen LogP contribution in [0.25, 0.3) is 0 Å². The van der Waals surface area contributed by atoms with E-state index in [1.54, 1.807) is 6.07 Å². The lowest BCUT2D eigenvalue weighted by Gasteiger charge is -2.02. The van der Waals surface area contributed by atoms with Crippen LogP contribution in [0.15, 0.2) is 10.6 Å². The number of aryl methyl sites for hydroxylation is 1. The highest BCUT2D eigenvalue weighted by Gasteiger charge is 2.13. The summed E-state index contributed by atoms with van der Waals surface area (Å²) >= 11 is 0. The molecule has 5 nitrogen and oxygen atoms in total. The van der Waals surface area contributed by atoms with Crippen molar-refractivity contribution >= 4 is 11.8 Å². The summed E-state index contributed by atoms with van der Waals surface area (Å²) in [6.07, 6.45) is 4.65. The third-order valence-corrected chi connectivity index (χ3v) is 3.09. The first kappa shape index (κ1) is 16.4. The minimum atomic E-state index is -0.824. The second-order valence-corrected chi connectivity index (χ2v) is 5.49. The van der Waals surface area contributed by atoms with E-state index in [9.17, 15) is 9.59 Å². The molecule has 20 heavy (non-hydrogen) atoms. The lowest BCUT2D eigenvalue weighted by atomic mass is 10.0. The quantitative estimate of drug-likeness (QED) is 0.524. The van der Waals surface area contributed by atoms with Gasteiger partial charge in [-0.05, 0) is 25.2 Å². The summed E-state index contributed by atoms with van der Waals surface area (Å²) in [6.45, 7) is 4.34. The first-order chi connectivity index (χ1) is 9.49. The highest BCUT2D eigenvalue weighted by molar-refractivity contribution is 5.93. The van der Waals surface area contributed by atoms with Crippen molar-refractivity contribution in [2.75, 3.05) is 0 Å². The molecule has 1 aromatic rings. The molecule has 0 fully saturated rings. The van der Waals surface area contributed by atoms with Gasteiger partial charge < -0.3 is 9.63 Å². The molecule has 0 bridgehead atoms. The molecule has 112 valence electrons. The molecule has 0 spiro atoms. The van der Waals surface area contributed by atoms with Gasteiger partial charge >= 0.3 is 5.97 Å². The number of rotatable bonds is 10. The molecule has 0 aromatic carbocycles. The number of carbonyl (C=O) groups excluding carboxylic acids is 1. The van der Waals surface area contributed by atoms with Crippen LogP contribution in [0.4, 0.5) is 0 Å². The van der Waals surface area contributed by atoms with Gasteiger partial charge in [-0.25, -0.2) is 0 Å². The van der Waals surface area contributed by atoms with Gasteiger partial charge in [0.25, 0.3) is 0 Å². The van der Waals surface area contributed by atoms with E-state index in [2.05, 4.69) is 19.0 Å². The fourth-order valence-electron chi connectivity index (χ4n) is 1.94. The number of carboxylic acid groups (broad SMARTS) is 1. The standard InChI is InChI=1S/C15H23NO4/c1-11(2)6-3-4-8-13(17)14-10-12(16-20-14)7-5-9-15(18)19/h10-11H,3-9H2,1-2H3,(H,18,19). The molecule has 1 heterocycles. The summed E-state index contributed by atoms with van der Waals surface area (Å²) in [5, 5.41) is 12.3. The van der Waals surface area contributed by atoms with Crippen molar-refractivity contribution < 1.29 is 19.2 Å². The normalized spacial score (nSPS) is 10.9. The maximum Gasteiger partial charge on any atom is 0.303 e. The molecular formula is C15H23NO4. The fraction of sp³-hybridized carbons (Fsp3) is 0.667. The molecule has 0 aliphatic carbocycles. The molecule has 5 heteroatoms. The highest BCUT2D eigenvalue weighted by atomic mass is 16.5. The Labute approximate surface area is 119 Å². The Kier molecular flexibility index (Phi) is 6.98. The predicted octanol–water partition coefficient (Wildman–Crippen LogP) is 3.48. The van der Waals surface area contributed by atoms with Crippen LogP contribution in [0.5, 0.6) is 0 Å². The third-order valence-electron chi connectivity index (χ3n) is 3.09. The summed E-state index contributed by atoms with van der Waals surface area (Å²) in [5.41, 5.74) is 0.650. The molecule has 1 N–H and O–H groups in total. The van der Waals surface area contributed by atoms with Crippen LogP contribution in [0.2, 0.25) is 0 Å². The van der Waals surface area contributed by atoms with E-state index < -0.39 is 5.97 Å². The van der Waals surface area contributed by atoms with Crippen LogP contribution in [0, 0.1) is 5.92 Å². The van der Waals surface area contributed by atoms with Crippen LogP contribution >= 0.6 is 0 Å². The van der Waals surface area contributed by atoms with Gasteiger partial charge in [-0.2, -0.15) is 0 Å². The summed E-state index contributed by atoms with van der Waals surface area (Å²) in [4.78, 5) is 22.3. The zero-order chi connectivity index (χ0) is 15.0. The maximum atomic E-state index is 11.9. The van der Waals surface area contributed by atoms with Crippen LogP contribution in [0.1, 0.15) is 68.6 Å². The Morgan fingerprint density at radius 2 is 2.00 bits per heavy atom. The first-order valence-corrected chi connectivity index (χ1v) is 7.19. The third kappa shape index (κ3) is 6.50. The number of ketones is 1. The Balaban J connectivity index is 2.30. The number of Topliss-reactive ketones (excluding diaryl/α,β-unsaturated/α-hetero) is 1. The Hall–Kier alpha value is -1.65. The number of aromatic nitrogens is 1. The zero-order valence-electron chi connectivity index (χ0n) is 12.2. The number of nitrogens with zero attached hydrogens (tertiary/aromatic N) is 1. The van der Waals surface area contributed by atoms with Crippen molar-refractivity contribution in [2.45, 2.75) is 58.8 Å². The van der Waals surface area contributed by atoms with Crippen molar-refractivity contribution in [1.82, 2.24) is 5.16 Å². The molecule has 0 saturated heterocycles. The molecule has 0 atom stereocenters. The van der Waals surface area contributed by atoms with Crippen molar-refractivity contribution in [3.05, 3.63) is 17.5 Å². The van der Waals surface area contributed by atoms with Crippen LogP contribution in [-0.2, 0) is 11.2 Å². The smallest absolute Gasteiger partial charge is 0.303 e. The summed E-state index contributed by atoms with van der Waals surface area (Å²) in [6, 6.07) is 1.63. The molecule has 0 radical (unpaired) electrons. The van der Waals surface area contributed by atoms with Crippen LogP contribution in [-0.4, -0.2) is 22.0 Å². The van der Waals surface area contributed by atoms with Crippen molar-refractivity contribution in [1.29, 1.82) is 0 Å². The molecule has 0 saturated carbocycles. The molecule has 0 amide bonds. The second kappa shape index (κ2) is 8.51. The molecular weight excluding hydrogens is 258 g/mol. The number of unbranched alkanes of at least 4 members (excludes halogenated alkanes) is 1. The van der Waals surface area contributed by atoms with E-state index in [0.29, 0.717) is 36.6 Å². The monoisotopic (exact) mass is 281 g/mol. The molecule has 1 rings (SSSR count). The zero-order valence-corrected chi connectivity index (χ0v) is 12.2. The van der Waals surface area contributed by atoms with Gasteiger partial charge in [0, 0.05) is 18.9 Å². The number of carboxylic acids is 1. The lowest BCUT2D eigenvalue weighted by Crippen LogP contribution is -1.98. The van der Waals surface area contributed by atoms with Gasteiger partial charge in [-0.15, -0.1) is 0 Å². The van der Waals surface area contributed by atoms with Gasteiger partial charge in [0.15, 0.2) is 0 Å². The van der Waals surface area contributed by atoms with Crippen molar-refractivity contribution in [3.63, 3.8) is 0 Å². The number of aliphatic carboxylic acids is 1. The summed E-state index contributed by atoms with van der Waals surface area (Å²) < 4.78 is 5.02. The summed E-state index contributed by atoms with van der Waals surface area (Å²) in [5.74, 6) is 0.108. The molecule has 1 aromatic heterocycles. The molecule has 0 unspecified atom stereocenters. The van der Waals surface area contributed by atoms with E-state index >= 15 is 0 Å². The average molecular weight is 281 g/mol. The minimum absolute atomic E-state index is 0.0225. The molecule has 0 aliphatic rings. The first-order valence-electron chi connectivity index (χ1n) is 7.19. The summed E-state index contributed by atoms with van der Waals surface area (Å²) in [7, 11) is 0. The van der Waals surface area contributed by atoms with Gasteiger partial charge in [0.1, 0.15) is 0 Å². The Morgan fingerprint density at radius 1 is 1.25 bits per heavy atom. The largest absolute Gasteiger partial charge is 0.481 e. The average Bonchev–Trinajstić information content (AvgIpc) is 2.82. The van der Waals surface area contributed by atoms with E-state index in [1.165, 1.54) is 0 Å². The topological polar surface area (TPSA) is 80.4 Å². The van der Waals surface area contributed by atoms with Crippen LogP contribution < -0.4 is 0 Å². The molecule has 0 aliphatic heterocycles. The van der Waals surface area contributed by atoms with Crippen LogP contribution in [0.3, 0.4) is 0 Å². The van der Waals surface area contributed by atoms with E-state index in [-0.39, 0.29) is 12.2 Å². The van der Waals surface area contributed by atoms with Gasteiger partial charge in [-0.3, -0.25) is 9.59 Å². The maximum absolute atomic E-state index is 11.9. The van der Waals surface area contributed by atoms with E-state index in [1.807, 2.05) is 0 Å².